The van der Waals surface area contributed by atoms with Crippen LogP contribution in [0, 0.1) is 10.1 Å². The molecule has 2 N–H and O–H groups in total. The van der Waals surface area contributed by atoms with E-state index in [1.54, 1.807) is 13.8 Å². The zero-order valence-corrected chi connectivity index (χ0v) is 13.5. The van der Waals surface area contributed by atoms with Gasteiger partial charge in [0, 0.05) is 11.8 Å². The number of ether oxygens (including phenoxy) is 1. The number of nitrogens with zero attached hydrogens (tertiary/aromatic N) is 4. The number of carbonyl (C=O) groups is 1. The lowest BCUT2D eigenvalue weighted by molar-refractivity contribution is -0.385. The SMILES string of the molecule is CCOC(=O)C1=C(C)Nc2ncnn2[C@@H]1c1ccc(O)c([N+](=O)[O-])c1. The third-order valence-electron chi connectivity index (χ3n) is 3.80. The minimum absolute atomic E-state index is 0.183. The van der Waals surface area contributed by atoms with Crippen LogP contribution in [0.25, 0.3) is 0 Å². The molecule has 0 spiro atoms. The minimum atomic E-state index is -0.767. The Balaban J connectivity index is 2.18. The summed E-state index contributed by atoms with van der Waals surface area (Å²) in [5.41, 5.74) is 0.721. The molecule has 1 aromatic heterocycles. The Morgan fingerprint density at radius 1 is 1.52 bits per heavy atom. The summed E-state index contributed by atoms with van der Waals surface area (Å²) >= 11 is 0. The number of allylic oxidation sites excluding steroid dienone is 1. The average molecular weight is 345 g/mol. The summed E-state index contributed by atoms with van der Waals surface area (Å²) in [5.74, 6) is -0.625. The first-order chi connectivity index (χ1) is 11.9. The minimum Gasteiger partial charge on any atom is -0.502 e. The second-order valence-electron chi connectivity index (χ2n) is 5.32. The Morgan fingerprint density at radius 3 is 2.96 bits per heavy atom. The lowest BCUT2D eigenvalue weighted by atomic mass is 9.95. The zero-order chi connectivity index (χ0) is 18.1. The van der Waals surface area contributed by atoms with Gasteiger partial charge in [-0.3, -0.25) is 10.1 Å². The van der Waals surface area contributed by atoms with Crippen molar-refractivity contribution in [3.63, 3.8) is 0 Å². The maximum Gasteiger partial charge on any atom is 0.338 e. The van der Waals surface area contributed by atoms with Crippen LogP contribution in [-0.4, -0.2) is 37.4 Å². The fourth-order valence-corrected chi connectivity index (χ4v) is 2.73. The molecule has 10 nitrogen and oxygen atoms in total. The van der Waals surface area contributed by atoms with Crippen LogP contribution < -0.4 is 5.32 Å². The van der Waals surface area contributed by atoms with E-state index in [0.717, 1.165) is 0 Å². The molecular formula is C15H15N5O5. The third kappa shape index (κ3) is 2.77. The number of fused-ring (bicyclic) bond motifs is 1. The Kier molecular flexibility index (Phi) is 4.09. The van der Waals surface area contributed by atoms with Gasteiger partial charge < -0.3 is 15.2 Å². The van der Waals surface area contributed by atoms with Crippen molar-refractivity contribution in [2.45, 2.75) is 19.9 Å². The van der Waals surface area contributed by atoms with Crippen LogP contribution in [0.2, 0.25) is 0 Å². The van der Waals surface area contributed by atoms with Gasteiger partial charge in [-0.15, -0.1) is 0 Å². The van der Waals surface area contributed by atoms with Crippen molar-refractivity contribution in [2.75, 3.05) is 11.9 Å². The van der Waals surface area contributed by atoms with E-state index in [9.17, 15) is 20.0 Å². The molecule has 0 fully saturated rings. The van der Waals surface area contributed by atoms with Crippen LogP contribution in [0.4, 0.5) is 11.6 Å². The number of aromatic hydroxyl groups is 1. The fraction of sp³-hybridized carbons (Fsp3) is 0.267. The number of phenolic OH excluding ortho intramolecular Hbond substituents is 1. The maximum absolute atomic E-state index is 12.4. The highest BCUT2D eigenvalue weighted by Gasteiger charge is 2.35. The number of aromatic nitrogens is 3. The van der Waals surface area contributed by atoms with Crippen molar-refractivity contribution in [3.05, 3.63) is 51.5 Å². The summed E-state index contributed by atoms with van der Waals surface area (Å²) < 4.78 is 6.55. The molecule has 0 saturated heterocycles. The largest absolute Gasteiger partial charge is 0.502 e. The van der Waals surface area contributed by atoms with E-state index in [1.165, 1.54) is 29.2 Å². The average Bonchev–Trinajstić information content (AvgIpc) is 3.01. The standard InChI is InChI=1S/C15H15N5O5/c1-3-25-14(22)12-8(2)18-15-16-7-17-19(15)13(12)9-4-5-11(21)10(6-9)20(23)24/h4-7,13,21H,3H2,1-2H3,(H,16,17,18)/t13-/m1/s1. The number of phenols is 1. The van der Waals surface area contributed by atoms with E-state index < -0.39 is 28.4 Å². The Labute approximate surface area is 141 Å². The smallest absolute Gasteiger partial charge is 0.338 e. The van der Waals surface area contributed by atoms with Crippen molar-refractivity contribution in [1.82, 2.24) is 14.8 Å². The van der Waals surface area contributed by atoms with Crippen LogP contribution in [0.1, 0.15) is 25.5 Å². The first-order valence-corrected chi connectivity index (χ1v) is 7.45. The second kappa shape index (κ2) is 6.23. The second-order valence-corrected chi connectivity index (χ2v) is 5.32. The van der Waals surface area contributed by atoms with E-state index >= 15 is 0 Å². The molecule has 0 aliphatic carbocycles. The van der Waals surface area contributed by atoms with E-state index in [4.69, 9.17) is 4.74 Å². The number of carbonyl (C=O) groups excluding carboxylic acids is 1. The Bertz CT molecular complexity index is 888. The third-order valence-corrected chi connectivity index (χ3v) is 3.80. The number of nitro benzene ring substituents is 1. The van der Waals surface area contributed by atoms with E-state index in [0.29, 0.717) is 17.2 Å². The van der Waals surface area contributed by atoms with Gasteiger partial charge >= 0.3 is 11.7 Å². The summed E-state index contributed by atoms with van der Waals surface area (Å²) in [6.07, 6.45) is 1.31. The molecule has 0 bridgehead atoms. The zero-order valence-electron chi connectivity index (χ0n) is 13.5. The molecule has 2 aromatic rings. The summed E-state index contributed by atoms with van der Waals surface area (Å²) in [4.78, 5) is 27.0. The molecule has 1 aliphatic rings. The molecule has 0 amide bonds. The van der Waals surface area contributed by atoms with Gasteiger partial charge in [0.05, 0.1) is 17.1 Å². The number of hydrogen-bond acceptors (Lipinski definition) is 8. The number of benzene rings is 1. The predicted molar refractivity (Wildman–Crippen MR) is 85.9 cm³/mol. The lowest BCUT2D eigenvalue weighted by Gasteiger charge is -2.28. The predicted octanol–water partition coefficient (Wildman–Crippen LogP) is 1.74. The monoisotopic (exact) mass is 345 g/mol. The van der Waals surface area contributed by atoms with Gasteiger partial charge in [-0.1, -0.05) is 6.07 Å². The molecular weight excluding hydrogens is 330 g/mol. The van der Waals surface area contributed by atoms with Gasteiger partial charge in [-0.2, -0.15) is 10.1 Å². The molecule has 1 aromatic carbocycles. The van der Waals surface area contributed by atoms with E-state index in [-0.39, 0.29) is 12.2 Å². The number of hydrogen-bond donors (Lipinski definition) is 2. The van der Waals surface area contributed by atoms with Gasteiger partial charge in [0.1, 0.15) is 12.4 Å². The number of nitro groups is 1. The number of anilines is 1. The molecule has 0 saturated carbocycles. The first kappa shape index (κ1) is 16.4. The van der Waals surface area contributed by atoms with Crippen LogP contribution in [-0.2, 0) is 9.53 Å². The first-order valence-electron chi connectivity index (χ1n) is 7.45. The highest BCUT2D eigenvalue weighted by molar-refractivity contribution is 5.92. The van der Waals surface area contributed by atoms with Crippen molar-refractivity contribution < 1.29 is 19.6 Å². The van der Waals surface area contributed by atoms with Gasteiger partial charge in [-0.05, 0) is 25.5 Å². The Hall–Kier alpha value is -3.43. The lowest BCUT2D eigenvalue weighted by Crippen LogP contribution is -2.29. The Morgan fingerprint density at radius 2 is 2.28 bits per heavy atom. The van der Waals surface area contributed by atoms with Crippen molar-refractivity contribution >= 4 is 17.6 Å². The van der Waals surface area contributed by atoms with E-state index in [2.05, 4.69) is 15.4 Å². The molecule has 130 valence electrons. The highest BCUT2D eigenvalue weighted by Crippen LogP contribution is 2.38. The normalized spacial score (nSPS) is 16.2. The molecule has 1 aliphatic heterocycles. The number of esters is 1. The summed E-state index contributed by atoms with van der Waals surface area (Å²) in [7, 11) is 0. The van der Waals surface area contributed by atoms with Crippen LogP contribution in [0.5, 0.6) is 5.75 Å². The van der Waals surface area contributed by atoms with Gasteiger partial charge in [0.15, 0.2) is 5.75 Å². The molecule has 25 heavy (non-hydrogen) atoms. The van der Waals surface area contributed by atoms with Gasteiger partial charge in [-0.25, -0.2) is 9.48 Å². The molecule has 2 heterocycles. The van der Waals surface area contributed by atoms with Crippen molar-refractivity contribution in [3.8, 4) is 5.75 Å². The van der Waals surface area contributed by atoms with Crippen LogP contribution >= 0.6 is 0 Å². The van der Waals surface area contributed by atoms with E-state index in [1.807, 2.05) is 0 Å². The summed E-state index contributed by atoms with van der Waals surface area (Å²) in [5, 5.41) is 27.9. The van der Waals surface area contributed by atoms with Gasteiger partial charge in [0.25, 0.3) is 0 Å². The number of rotatable bonds is 4. The highest BCUT2D eigenvalue weighted by atomic mass is 16.6. The van der Waals surface area contributed by atoms with Crippen molar-refractivity contribution in [2.24, 2.45) is 0 Å². The van der Waals surface area contributed by atoms with Crippen LogP contribution in [0.3, 0.4) is 0 Å². The molecule has 3 rings (SSSR count). The maximum atomic E-state index is 12.4. The van der Waals surface area contributed by atoms with Gasteiger partial charge in [0.2, 0.25) is 5.95 Å². The van der Waals surface area contributed by atoms with Crippen LogP contribution in [0.15, 0.2) is 35.8 Å². The molecule has 10 heteroatoms. The molecule has 0 radical (unpaired) electrons. The quantitative estimate of drug-likeness (QED) is 0.486. The fourth-order valence-electron chi connectivity index (χ4n) is 2.73. The molecule has 0 unspecified atom stereocenters. The summed E-state index contributed by atoms with van der Waals surface area (Å²) in [6, 6.07) is 3.15. The van der Waals surface area contributed by atoms with Crippen molar-refractivity contribution in [1.29, 1.82) is 0 Å². The topological polar surface area (TPSA) is 132 Å². The number of nitrogens with one attached hydrogen (secondary N) is 1. The molecule has 1 atom stereocenters. The summed E-state index contributed by atoms with van der Waals surface area (Å²) in [6.45, 7) is 3.56.